The molecule has 0 saturated carbocycles. The lowest BCUT2D eigenvalue weighted by atomic mass is 10.1. The van der Waals surface area contributed by atoms with Crippen molar-refractivity contribution in [1.82, 2.24) is 10.6 Å². The lowest BCUT2D eigenvalue weighted by Crippen LogP contribution is -2.39. The first-order chi connectivity index (χ1) is 6.66. The third kappa shape index (κ3) is 2.83. The molecule has 2 aliphatic heterocycles. The molecule has 5 heteroatoms. The van der Waals surface area contributed by atoms with Gasteiger partial charge in [0.15, 0.2) is 0 Å². The van der Waals surface area contributed by atoms with E-state index in [1.165, 1.54) is 0 Å². The average Bonchev–Trinajstić information content (AvgIpc) is 2.58. The van der Waals surface area contributed by atoms with Crippen molar-refractivity contribution in [3.63, 3.8) is 0 Å². The first-order valence-corrected chi connectivity index (χ1v) is 5.36. The van der Waals surface area contributed by atoms with Crippen molar-refractivity contribution in [1.29, 1.82) is 0 Å². The number of hydrogen-bond acceptors (Lipinski definition) is 3. The van der Waals surface area contributed by atoms with E-state index in [0.29, 0.717) is 6.04 Å². The summed E-state index contributed by atoms with van der Waals surface area (Å²) < 4.78 is 5.67. The van der Waals surface area contributed by atoms with Gasteiger partial charge in [-0.2, -0.15) is 0 Å². The number of carbonyl (C=O) groups is 1. The fourth-order valence-corrected chi connectivity index (χ4v) is 2.19. The van der Waals surface area contributed by atoms with Gasteiger partial charge < -0.3 is 15.4 Å². The van der Waals surface area contributed by atoms with E-state index in [-0.39, 0.29) is 36.6 Å². The molecule has 2 N–H and O–H groups in total. The summed E-state index contributed by atoms with van der Waals surface area (Å²) in [5.41, 5.74) is 0. The Morgan fingerprint density at radius 2 is 2.27 bits per heavy atom. The summed E-state index contributed by atoms with van der Waals surface area (Å²) >= 11 is 0. The van der Waals surface area contributed by atoms with Gasteiger partial charge in [0, 0.05) is 18.5 Å². The van der Waals surface area contributed by atoms with E-state index < -0.39 is 0 Å². The molecule has 0 aromatic carbocycles. The molecule has 2 rings (SSSR count). The highest BCUT2D eigenvalue weighted by molar-refractivity contribution is 5.85. The maximum absolute atomic E-state index is 11.6. The van der Waals surface area contributed by atoms with Gasteiger partial charge in [-0.25, -0.2) is 0 Å². The molecule has 0 unspecified atom stereocenters. The summed E-state index contributed by atoms with van der Waals surface area (Å²) in [6, 6.07) is 0.595. The topological polar surface area (TPSA) is 50.4 Å². The molecular weight excluding hydrogens is 216 g/mol. The molecule has 0 aliphatic carbocycles. The molecule has 2 heterocycles. The Morgan fingerprint density at radius 3 is 2.87 bits per heavy atom. The van der Waals surface area contributed by atoms with Crippen LogP contribution in [0.15, 0.2) is 0 Å². The maximum atomic E-state index is 11.6. The first-order valence-electron chi connectivity index (χ1n) is 5.36. The smallest absolute Gasteiger partial charge is 0.249 e. The standard InChI is InChI=1S/C10H18N2O2.ClH/c1-6(2)12-10(13)9-5-7-8(14-9)3-4-11-7;/h6-9,11H,3-5H2,1-2H3,(H,12,13);1H/t7-,8-,9-;/m1./s1. The number of rotatable bonds is 2. The highest BCUT2D eigenvalue weighted by atomic mass is 35.5. The van der Waals surface area contributed by atoms with Crippen molar-refractivity contribution in [2.45, 2.75) is 51.0 Å². The van der Waals surface area contributed by atoms with Crippen molar-refractivity contribution in [2.24, 2.45) is 0 Å². The third-order valence-corrected chi connectivity index (χ3v) is 2.81. The molecule has 2 fully saturated rings. The van der Waals surface area contributed by atoms with E-state index in [2.05, 4.69) is 10.6 Å². The van der Waals surface area contributed by atoms with E-state index >= 15 is 0 Å². The Bertz CT molecular complexity index is 223. The zero-order valence-electron chi connectivity index (χ0n) is 9.16. The molecule has 1 amide bonds. The van der Waals surface area contributed by atoms with Gasteiger partial charge >= 0.3 is 0 Å². The van der Waals surface area contributed by atoms with Crippen molar-refractivity contribution in [3.8, 4) is 0 Å². The SMILES string of the molecule is CC(C)NC(=O)[C@H]1C[C@H]2NCC[C@H]2O1.Cl. The van der Waals surface area contributed by atoms with Crippen LogP contribution in [-0.2, 0) is 9.53 Å². The fourth-order valence-electron chi connectivity index (χ4n) is 2.19. The van der Waals surface area contributed by atoms with E-state index in [0.717, 1.165) is 19.4 Å². The van der Waals surface area contributed by atoms with Gasteiger partial charge in [-0.1, -0.05) is 0 Å². The molecule has 88 valence electrons. The predicted molar refractivity (Wildman–Crippen MR) is 60.2 cm³/mol. The molecule has 0 aromatic rings. The number of halogens is 1. The Hall–Kier alpha value is -0.320. The van der Waals surface area contributed by atoms with Crippen LogP contribution >= 0.6 is 12.4 Å². The van der Waals surface area contributed by atoms with E-state index in [9.17, 15) is 4.79 Å². The van der Waals surface area contributed by atoms with Crippen LogP contribution in [0.2, 0.25) is 0 Å². The fraction of sp³-hybridized carbons (Fsp3) is 0.900. The van der Waals surface area contributed by atoms with Crippen LogP contribution in [0, 0.1) is 0 Å². The molecule has 2 saturated heterocycles. The summed E-state index contributed by atoms with van der Waals surface area (Å²) in [4.78, 5) is 11.6. The van der Waals surface area contributed by atoms with Crippen LogP contribution in [-0.4, -0.2) is 36.7 Å². The van der Waals surface area contributed by atoms with Crippen LogP contribution in [0.3, 0.4) is 0 Å². The van der Waals surface area contributed by atoms with Gasteiger partial charge in [-0.3, -0.25) is 4.79 Å². The molecule has 0 radical (unpaired) electrons. The highest BCUT2D eigenvalue weighted by Gasteiger charge is 2.41. The lowest BCUT2D eigenvalue weighted by Gasteiger charge is -2.14. The zero-order valence-corrected chi connectivity index (χ0v) is 9.97. The number of carbonyl (C=O) groups excluding carboxylic acids is 1. The Balaban J connectivity index is 0.00000112. The van der Waals surface area contributed by atoms with Crippen molar-refractivity contribution < 1.29 is 9.53 Å². The summed E-state index contributed by atoms with van der Waals surface area (Å²) in [5, 5.41) is 6.23. The second-order valence-electron chi connectivity index (χ2n) is 4.41. The minimum atomic E-state index is -0.236. The minimum absolute atomic E-state index is 0. The lowest BCUT2D eigenvalue weighted by molar-refractivity contribution is -0.132. The van der Waals surface area contributed by atoms with Crippen molar-refractivity contribution in [3.05, 3.63) is 0 Å². The minimum Gasteiger partial charge on any atom is -0.363 e. The molecular formula is C10H19ClN2O2. The van der Waals surface area contributed by atoms with E-state index in [4.69, 9.17) is 4.74 Å². The molecule has 4 nitrogen and oxygen atoms in total. The van der Waals surface area contributed by atoms with Gasteiger partial charge in [0.05, 0.1) is 6.10 Å². The third-order valence-electron chi connectivity index (χ3n) is 2.81. The summed E-state index contributed by atoms with van der Waals surface area (Å²) in [6.07, 6.45) is 1.89. The Kier molecular flexibility index (Phi) is 4.37. The van der Waals surface area contributed by atoms with Crippen LogP contribution in [0.5, 0.6) is 0 Å². The summed E-state index contributed by atoms with van der Waals surface area (Å²) in [6.45, 7) is 4.95. The number of amides is 1. The van der Waals surface area contributed by atoms with Gasteiger partial charge in [-0.15, -0.1) is 12.4 Å². The van der Waals surface area contributed by atoms with Crippen LogP contribution in [0.1, 0.15) is 26.7 Å². The van der Waals surface area contributed by atoms with Gasteiger partial charge in [-0.05, 0) is 26.8 Å². The van der Waals surface area contributed by atoms with Gasteiger partial charge in [0.2, 0.25) is 5.91 Å². The molecule has 15 heavy (non-hydrogen) atoms. The second-order valence-corrected chi connectivity index (χ2v) is 4.41. The second kappa shape index (κ2) is 5.14. The summed E-state index contributed by atoms with van der Waals surface area (Å²) in [7, 11) is 0. The Morgan fingerprint density at radius 1 is 1.53 bits per heavy atom. The van der Waals surface area contributed by atoms with Crippen LogP contribution < -0.4 is 10.6 Å². The number of ether oxygens (including phenoxy) is 1. The quantitative estimate of drug-likeness (QED) is 0.730. The zero-order chi connectivity index (χ0) is 10.1. The summed E-state index contributed by atoms with van der Waals surface area (Å²) in [5.74, 6) is 0.0381. The molecule has 3 atom stereocenters. The number of fused-ring (bicyclic) bond motifs is 1. The normalized spacial score (nSPS) is 33.7. The van der Waals surface area contributed by atoms with Gasteiger partial charge in [0.25, 0.3) is 0 Å². The molecule has 0 bridgehead atoms. The van der Waals surface area contributed by atoms with Gasteiger partial charge in [0.1, 0.15) is 6.10 Å². The highest BCUT2D eigenvalue weighted by Crippen LogP contribution is 2.26. The Labute approximate surface area is 96.5 Å². The van der Waals surface area contributed by atoms with E-state index in [1.54, 1.807) is 0 Å². The van der Waals surface area contributed by atoms with E-state index in [1.807, 2.05) is 13.8 Å². The first kappa shape index (κ1) is 12.7. The van der Waals surface area contributed by atoms with Crippen LogP contribution in [0.4, 0.5) is 0 Å². The maximum Gasteiger partial charge on any atom is 0.249 e. The largest absolute Gasteiger partial charge is 0.363 e. The average molecular weight is 235 g/mol. The molecule has 2 aliphatic rings. The predicted octanol–water partition coefficient (Wildman–Crippen LogP) is 0.452. The molecule has 0 spiro atoms. The van der Waals surface area contributed by atoms with Crippen molar-refractivity contribution >= 4 is 18.3 Å². The van der Waals surface area contributed by atoms with Crippen LogP contribution in [0.25, 0.3) is 0 Å². The number of hydrogen-bond donors (Lipinski definition) is 2. The number of nitrogens with one attached hydrogen (secondary N) is 2. The monoisotopic (exact) mass is 234 g/mol. The molecule has 0 aromatic heterocycles. The van der Waals surface area contributed by atoms with Crippen molar-refractivity contribution in [2.75, 3.05) is 6.54 Å².